The molecule has 0 aromatic heterocycles. The fraction of sp³-hybridized carbons (Fsp3) is 0.692. The molecule has 1 aliphatic rings. The summed E-state index contributed by atoms with van der Waals surface area (Å²) in [5.74, 6) is 1.50. The van der Waals surface area contributed by atoms with Gasteiger partial charge in [-0.1, -0.05) is 76.8 Å². The lowest BCUT2D eigenvalue weighted by Crippen LogP contribution is -2.11. The standard InChI is InChI=1S/C26H40F2O/c1-2-3-4-5-6-7-8-9-10-11-20-29-25-18-16-24(17-19-25)23-14-12-22(13-15-23)21-26(27)28/h16-19,21-23H,2-15,20H2,1H3/t22-,23-. The van der Waals surface area contributed by atoms with Crippen LogP contribution in [0.2, 0.25) is 0 Å². The van der Waals surface area contributed by atoms with E-state index in [0.29, 0.717) is 5.92 Å². The number of benzene rings is 1. The number of halogens is 2. The second kappa shape index (κ2) is 14.6. The van der Waals surface area contributed by atoms with Gasteiger partial charge in [-0.2, -0.15) is 8.78 Å². The summed E-state index contributed by atoms with van der Waals surface area (Å²) in [6.45, 7) is 3.06. The van der Waals surface area contributed by atoms with Crippen LogP contribution < -0.4 is 4.74 Å². The van der Waals surface area contributed by atoms with Crippen LogP contribution in [-0.2, 0) is 0 Å². The summed E-state index contributed by atoms with van der Waals surface area (Å²) in [5, 5.41) is 0. The fourth-order valence-corrected chi connectivity index (χ4v) is 4.41. The Labute approximate surface area is 176 Å². The van der Waals surface area contributed by atoms with Gasteiger partial charge in [0.2, 0.25) is 0 Å². The van der Waals surface area contributed by atoms with Crippen molar-refractivity contribution in [3.63, 3.8) is 0 Å². The van der Waals surface area contributed by atoms with Gasteiger partial charge in [0.25, 0.3) is 6.08 Å². The SMILES string of the molecule is CCCCCCCCCCCCOc1ccc([C@H]2CC[C@H](C=C(F)F)CC2)cc1. The summed E-state index contributed by atoms with van der Waals surface area (Å²) >= 11 is 0. The van der Waals surface area contributed by atoms with Crippen LogP contribution >= 0.6 is 0 Å². The van der Waals surface area contributed by atoms with E-state index < -0.39 is 6.08 Å². The van der Waals surface area contributed by atoms with E-state index in [2.05, 4.69) is 31.2 Å². The van der Waals surface area contributed by atoms with Crippen LogP contribution in [0.3, 0.4) is 0 Å². The zero-order valence-corrected chi connectivity index (χ0v) is 18.3. The lowest BCUT2D eigenvalue weighted by atomic mass is 9.79. The van der Waals surface area contributed by atoms with Gasteiger partial charge in [0.1, 0.15) is 5.75 Å². The number of unbranched alkanes of at least 4 members (excludes halogenated alkanes) is 9. The Bertz CT molecular complexity index is 555. The Kier molecular flexibility index (Phi) is 12.0. The lowest BCUT2D eigenvalue weighted by molar-refractivity contribution is 0.304. The molecule has 0 heterocycles. The molecule has 0 bridgehead atoms. The minimum Gasteiger partial charge on any atom is -0.494 e. The quantitative estimate of drug-likeness (QED) is 0.280. The number of hydrogen-bond donors (Lipinski definition) is 0. The second-order valence-electron chi connectivity index (χ2n) is 8.67. The molecule has 1 nitrogen and oxygen atoms in total. The van der Waals surface area contributed by atoms with Gasteiger partial charge in [0.15, 0.2) is 0 Å². The maximum absolute atomic E-state index is 12.4. The zero-order chi connectivity index (χ0) is 20.7. The van der Waals surface area contributed by atoms with E-state index in [0.717, 1.165) is 50.5 Å². The molecule has 0 saturated heterocycles. The van der Waals surface area contributed by atoms with E-state index in [4.69, 9.17) is 4.74 Å². The van der Waals surface area contributed by atoms with Gasteiger partial charge < -0.3 is 4.74 Å². The lowest BCUT2D eigenvalue weighted by Gasteiger charge is -2.26. The van der Waals surface area contributed by atoms with Crippen molar-refractivity contribution in [3.05, 3.63) is 42.0 Å². The van der Waals surface area contributed by atoms with E-state index in [-0.39, 0.29) is 5.92 Å². The van der Waals surface area contributed by atoms with Gasteiger partial charge in [0, 0.05) is 0 Å². The first-order chi connectivity index (χ1) is 14.2. The fourth-order valence-electron chi connectivity index (χ4n) is 4.41. The average Bonchev–Trinajstić information content (AvgIpc) is 2.73. The first-order valence-electron chi connectivity index (χ1n) is 11.9. The van der Waals surface area contributed by atoms with Crippen molar-refractivity contribution in [2.45, 2.75) is 103 Å². The molecule has 3 heteroatoms. The summed E-state index contributed by atoms with van der Waals surface area (Å²) in [5.41, 5.74) is 1.32. The van der Waals surface area contributed by atoms with Gasteiger partial charge in [-0.15, -0.1) is 0 Å². The number of ether oxygens (including phenoxy) is 1. The predicted octanol–water partition coefficient (Wildman–Crippen LogP) is 9.04. The summed E-state index contributed by atoms with van der Waals surface area (Å²) in [4.78, 5) is 0. The van der Waals surface area contributed by atoms with E-state index >= 15 is 0 Å². The highest BCUT2D eigenvalue weighted by Crippen LogP contribution is 2.37. The molecule has 1 saturated carbocycles. The van der Waals surface area contributed by atoms with Gasteiger partial charge in [-0.3, -0.25) is 0 Å². The number of hydrogen-bond acceptors (Lipinski definition) is 1. The zero-order valence-electron chi connectivity index (χ0n) is 18.3. The van der Waals surface area contributed by atoms with E-state index in [1.54, 1.807) is 0 Å². The molecular weight excluding hydrogens is 366 g/mol. The van der Waals surface area contributed by atoms with Crippen LogP contribution in [0.15, 0.2) is 36.4 Å². The molecule has 1 aliphatic carbocycles. The Balaban J connectivity index is 1.53. The molecule has 2 rings (SSSR count). The van der Waals surface area contributed by atoms with Gasteiger partial charge >= 0.3 is 0 Å². The van der Waals surface area contributed by atoms with E-state index in [1.807, 2.05) is 0 Å². The molecule has 1 aromatic carbocycles. The molecule has 29 heavy (non-hydrogen) atoms. The summed E-state index contributed by atoms with van der Waals surface area (Å²) in [7, 11) is 0. The first-order valence-corrected chi connectivity index (χ1v) is 11.9. The molecule has 1 fully saturated rings. The Morgan fingerprint density at radius 1 is 0.828 bits per heavy atom. The van der Waals surface area contributed by atoms with Crippen molar-refractivity contribution in [2.75, 3.05) is 6.61 Å². The van der Waals surface area contributed by atoms with E-state index in [9.17, 15) is 8.78 Å². The van der Waals surface area contributed by atoms with Gasteiger partial charge in [-0.05, 0) is 67.7 Å². The Morgan fingerprint density at radius 2 is 1.38 bits per heavy atom. The smallest absolute Gasteiger partial charge is 0.266 e. The third-order valence-corrected chi connectivity index (χ3v) is 6.25. The molecule has 0 N–H and O–H groups in total. The molecule has 0 unspecified atom stereocenters. The van der Waals surface area contributed by atoms with Crippen molar-refractivity contribution < 1.29 is 13.5 Å². The van der Waals surface area contributed by atoms with Gasteiger partial charge in [0.05, 0.1) is 6.61 Å². The predicted molar refractivity (Wildman–Crippen MR) is 119 cm³/mol. The number of rotatable bonds is 14. The average molecular weight is 407 g/mol. The minimum atomic E-state index is -1.53. The van der Waals surface area contributed by atoms with E-state index in [1.165, 1.54) is 63.4 Å². The van der Waals surface area contributed by atoms with Crippen molar-refractivity contribution in [1.29, 1.82) is 0 Å². The van der Waals surface area contributed by atoms with Crippen LogP contribution in [0, 0.1) is 5.92 Å². The summed E-state index contributed by atoms with van der Waals surface area (Å²) < 4.78 is 30.7. The second-order valence-corrected chi connectivity index (χ2v) is 8.67. The highest BCUT2D eigenvalue weighted by atomic mass is 19.3. The normalized spacial score (nSPS) is 19.1. The highest BCUT2D eigenvalue weighted by molar-refractivity contribution is 5.29. The summed E-state index contributed by atoms with van der Waals surface area (Å²) in [6.07, 6.45) is 16.7. The van der Waals surface area contributed by atoms with Crippen LogP contribution in [0.1, 0.15) is 108 Å². The minimum absolute atomic E-state index is 0.0555. The maximum Gasteiger partial charge on any atom is 0.266 e. The van der Waals surface area contributed by atoms with Crippen LogP contribution in [-0.4, -0.2) is 6.61 Å². The number of allylic oxidation sites excluding steroid dienone is 1. The monoisotopic (exact) mass is 406 g/mol. The molecule has 0 amide bonds. The topological polar surface area (TPSA) is 9.23 Å². The molecular formula is C26H40F2O. The van der Waals surface area contributed by atoms with Crippen molar-refractivity contribution in [3.8, 4) is 5.75 Å². The Hall–Kier alpha value is -1.38. The molecule has 0 aliphatic heterocycles. The highest BCUT2D eigenvalue weighted by Gasteiger charge is 2.21. The van der Waals surface area contributed by atoms with Crippen molar-refractivity contribution in [1.82, 2.24) is 0 Å². The molecule has 0 spiro atoms. The van der Waals surface area contributed by atoms with Crippen molar-refractivity contribution >= 4 is 0 Å². The Morgan fingerprint density at radius 3 is 1.93 bits per heavy atom. The third kappa shape index (κ3) is 10.3. The molecule has 164 valence electrons. The van der Waals surface area contributed by atoms with Gasteiger partial charge in [-0.25, -0.2) is 0 Å². The first kappa shape index (κ1) is 23.9. The molecule has 1 aromatic rings. The van der Waals surface area contributed by atoms with Crippen LogP contribution in [0.25, 0.3) is 0 Å². The summed E-state index contributed by atoms with van der Waals surface area (Å²) in [6, 6.07) is 8.45. The third-order valence-electron chi connectivity index (χ3n) is 6.25. The molecule has 0 radical (unpaired) electrons. The van der Waals surface area contributed by atoms with Crippen LogP contribution in [0.4, 0.5) is 8.78 Å². The molecule has 0 atom stereocenters. The largest absolute Gasteiger partial charge is 0.494 e. The van der Waals surface area contributed by atoms with Crippen molar-refractivity contribution in [2.24, 2.45) is 5.92 Å². The van der Waals surface area contributed by atoms with Crippen LogP contribution in [0.5, 0.6) is 5.75 Å². The maximum atomic E-state index is 12.4.